The predicted molar refractivity (Wildman–Crippen MR) is 50.4 cm³/mol. The lowest BCUT2D eigenvalue weighted by atomic mass is 10.3. The van der Waals surface area contributed by atoms with Crippen LogP contribution in [0.1, 0.15) is 6.92 Å². The second-order valence-corrected chi connectivity index (χ2v) is 2.67. The SMILES string of the molecule is CC#CCOc1c(F)cccc1Cl. The molecule has 0 aliphatic heterocycles. The van der Waals surface area contributed by atoms with Gasteiger partial charge < -0.3 is 4.74 Å². The molecule has 1 nitrogen and oxygen atoms in total. The Kier molecular flexibility index (Phi) is 3.60. The highest BCUT2D eigenvalue weighted by molar-refractivity contribution is 6.32. The van der Waals surface area contributed by atoms with Gasteiger partial charge in [-0.25, -0.2) is 4.39 Å². The van der Waals surface area contributed by atoms with Crippen LogP contribution in [0.2, 0.25) is 5.02 Å². The monoisotopic (exact) mass is 198 g/mol. The van der Waals surface area contributed by atoms with Gasteiger partial charge in [-0.3, -0.25) is 0 Å². The molecule has 68 valence electrons. The van der Waals surface area contributed by atoms with Crippen molar-refractivity contribution in [2.24, 2.45) is 0 Å². The van der Waals surface area contributed by atoms with Gasteiger partial charge in [0.25, 0.3) is 0 Å². The largest absolute Gasteiger partial charge is 0.476 e. The van der Waals surface area contributed by atoms with E-state index in [9.17, 15) is 4.39 Å². The summed E-state index contributed by atoms with van der Waals surface area (Å²) in [6.45, 7) is 1.84. The summed E-state index contributed by atoms with van der Waals surface area (Å²) in [6, 6.07) is 4.38. The van der Waals surface area contributed by atoms with Crippen LogP contribution in [-0.4, -0.2) is 6.61 Å². The van der Waals surface area contributed by atoms with Crippen molar-refractivity contribution in [1.82, 2.24) is 0 Å². The van der Waals surface area contributed by atoms with Crippen LogP contribution in [0, 0.1) is 17.7 Å². The molecule has 0 aromatic heterocycles. The predicted octanol–water partition coefficient (Wildman–Crippen LogP) is 2.88. The first-order valence-electron chi connectivity index (χ1n) is 3.72. The third kappa shape index (κ3) is 2.64. The molecule has 0 saturated heterocycles. The molecule has 0 atom stereocenters. The van der Waals surface area contributed by atoms with Gasteiger partial charge in [0.1, 0.15) is 6.61 Å². The molecular formula is C10H8ClFO. The Balaban J connectivity index is 2.79. The molecule has 0 radical (unpaired) electrons. The topological polar surface area (TPSA) is 9.23 Å². The van der Waals surface area contributed by atoms with E-state index in [1.807, 2.05) is 0 Å². The summed E-state index contributed by atoms with van der Waals surface area (Å²) in [6.07, 6.45) is 0. The van der Waals surface area contributed by atoms with Crippen molar-refractivity contribution >= 4 is 11.6 Å². The van der Waals surface area contributed by atoms with Crippen molar-refractivity contribution in [2.45, 2.75) is 6.92 Å². The lowest BCUT2D eigenvalue weighted by Crippen LogP contribution is -1.96. The molecule has 13 heavy (non-hydrogen) atoms. The number of ether oxygens (including phenoxy) is 1. The van der Waals surface area contributed by atoms with E-state index in [0.29, 0.717) is 0 Å². The summed E-state index contributed by atoms with van der Waals surface area (Å²) >= 11 is 5.70. The highest BCUT2D eigenvalue weighted by Gasteiger charge is 2.06. The number of rotatable bonds is 2. The minimum Gasteiger partial charge on any atom is -0.476 e. The first-order valence-corrected chi connectivity index (χ1v) is 4.10. The molecule has 0 aliphatic rings. The van der Waals surface area contributed by atoms with E-state index < -0.39 is 5.82 Å². The average Bonchev–Trinajstić information content (AvgIpc) is 2.10. The van der Waals surface area contributed by atoms with Crippen LogP contribution in [-0.2, 0) is 0 Å². The first-order chi connectivity index (χ1) is 6.25. The molecule has 0 unspecified atom stereocenters. The van der Waals surface area contributed by atoms with Crippen LogP contribution in [0.15, 0.2) is 18.2 Å². The van der Waals surface area contributed by atoms with Crippen molar-refractivity contribution < 1.29 is 9.13 Å². The average molecular weight is 199 g/mol. The van der Waals surface area contributed by atoms with E-state index in [1.54, 1.807) is 13.0 Å². The van der Waals surface area contributed by atoms with Crippen molar-refractivity contribution in [1.29, 1.82) is 0 Å². The second-order valence-electron chi connectivity index (χ2n) is 2.27. The fourth-order valence-electron chi connectivity index (χ4n) is 0.801. The number of halogens is 2. The molecule has 0 saturated carbocycles. The molecule has 0 aliphatic carbocycles. The van der Waals surface area contributed by atoms with E-state index in [0.717, 1.165) is 0 Å². The minimum absolute atomic E-state index is 0.0620. The van der Waals surface area contributed by atoms with Gasteiger partial charge in [0.05, 0.1) is 5.02 Å². The lowest BCUT2D eigenvalue weighted by Gasteiger charge is -2.04. The fourth-order valence-corrected chi connectivity index (χ4v) is 1.02. The van der Waals surface area contributed by atoms with E-state index in [-0.39, 0.29) is 17.4 Å². The standard InChI is InChI=1S/C10H8ClFO/c1-2-3-7-13-10-8(11)5-4-6-9(10)12/h4-6H,7H2,1H3. The zero-order chi connectivity index (χ0) is 9.68. The smallest absolute Gasteiger partial charge is 0.174 e. The molecule has 0 spiro atoms. The first kappa shape index (κ1) is 9.88. The van der Waals surface area contributed by atoms with Crippen LogP contribution in [0.3, 0.4) is 0 Å². The summed E-state index contributed by atoms with van der Waals surface area (Å²) < 4.78 is 18.0. The van der Waals surface area contributed by atoms with Gasteiger partial charge in [-0.15, -0.1) is 5.92 Å². The van der Waals surface area contributed by atoms with Crippen LogP contribution in [0.25, 0.3) is 0 Å². The summed E-state index contributed by atoms with van der Waals surface area (Å²) in [5, 5.41) is 0.262. The summed E-state index contributed by atoms with van der Waals surface area (Å²) in [5.74, 6) is 4.88. The van der Waals surface area contributed by atoms with E-state index in [2.05, 4.69) is 11.8 Å². The van der Waals surface area contributed by atoms with Gasteiger partial charge in [-0.05, 0) is 19.1 Å². The maximum atomic E-state index is 13.0. The maximum Gasteiger partial charge on any atom is 0.174 e. The van der Waals surface area contributed by atoms with Gasteiger partial charge >= 0.3 is 0 Å². The summed E-state index contributed by atoms with van der Waals surface area (Å²) in [5.41, 5.74) is 0. The Labute approximate surface area is 81.5 Å². The zero-order valence-electron chi connectivity index (χ0n) is 7.10. The van der Waals surface area contributed by atoms with Gasteiger partial charge in [-0.2, -0.15) is 0 Å². The number of hydrogen-bond donors (Lipinski definition) is 0. The molecule has 3 heteroatoms. The van der Waals surface area contributed by atoms with Crippen LogP contribution >= 0.6 is 11.6 Å². The lowest BCUT2D eigenvalue weighted by molar-refractivity contribution is 0.348. The fraction of sp³-hybridized carbons (Fsp3) is 0.200. The normalized spacial score (nSPS) is 8.85. The van der Waals surface area contributed by atoms with Crippen molar-refractivity contribution in [2.75, 3.05) is 6.61 Å². The molecule has 1 aromatic carbocycles. The van der Waals surface area contributed by atoms with Crippen LogP contribution in [0.5, 0.6) is 5.75 Å². The Morgan fingerprint density at radius 2 is 2.31 bits per heavy atom. The second kappa shape index (κ2) is 4.74. The summed E-state index contributed by atoms with van der Waals surface area (Å²) in [7, 11) is 0. The van der Waals surface area contributed by atoms with E-state index in [1.165, 1.54) is 12.1 Å². The molecule has 0 amide bonds. The van der Waals surface area contributed by atoms with E-state index >= 15 is 0 Å². The van der Waals surface area contributed by atoms with Crippen molar-refractivity contribution in [3.05, 3.63) is 29.0 Å². The van der Waals surface area contributed by atoms with Gasteiger partial charge in [0.15, 0.2) is 11.6 Å². The van der Waals surface area contributed by atoms with Crippen LogP contribution < -0.4 is 4.74 Å². The minimum atomic E-state index is -0.467. The van der Waals surface area contributed by atoms with Crippen molar-refractivity contribution in [3.8, 4) is 17.6 Å². The Morgan fingerprint density at radius 3 is 2.92 bits per heavy atom. The zero-order valence-corrected chi connectivity index (χ0v) is 7.86. The van der Waals surface area contributed by atoms with Crippen molar-refractivity contribution in [3.63, 3.8) is 0 Å². The number of benzene rings is 1. The summed E-state index contributed by atoms with van der Waals surface area (Å²) in [4.78, 5) is 0. The third-order valence-electron chi connectivity index (χ3n) is 1.38. The maximum absolute atomic E-state index is 13.0. The number of hydrogen-bond acceptors (Lipinski definition) is 1. The Morgan fingerprint density at radius 1 is 1.54 bits per heavy atom. The highest BCUT2D eigenvalue weighted by atomic mass is 35.5. The third-order valence-corrected chi connectivity index (χ3v) is 1.68. The quantitative estimate of drug-likeness (QED) is 0.664. The van der Waals surface area contributed by atoms with Crippen LogP contribution in [0.4, 0.5) is 4.39 Å². The molecular weight excluding hydrogens is 191 g/mol. The molecule has 1 rings (SSSR count). The van der Waals surface area contributed by atoms with Gasteiger partial charge in [0, 0.05) is 0 Å². The molecule has 1 aromatic rings. The molecule has 0 N–H and O–H groups in total. The Hall–Kier alpha value is -1.20. The van der Waals surface area contributed by atoms with Gasteiger partial charge in [0.2, 0.25) is 0 Å². The molecule has 0 fully saturated rings. The highest BCUT2D eigenvalue weighted by Crippen LogP contribution is 2.26. The van der Waals surface area contributed by atoms with E-state index in [4.69, 9.17) is 16.3 Å². The Bertz CT molecular complexity index is 331. The van der Waals surface area contributed by atoms with Gasteiger partial charge in [-0.1, -0.05) is 23.6 Å². The molecule has 0 bridgehead atoms. The molecule has 0 heterocycles. The number of para-hydroxylation sites is 1.